The van der Waals surface area contributed by atoms with Gasteiger partial charge in [-0.25, -0.2) is 0 Å². The van der Waals surface area contributed by atoms with Crippen molar-refractivity contribution in [2.45, 2.75) is 45.6 Å². The minimum atomic E-state index is -0.377. The standard InChI is InChI=1S/C15H22N2O2/c1-11(2)19-13-7-12(8-17-9-13)14(18)15(10-16)5-3-4-6-15/h7-9,11H,3-6,10,16H2,1-2H3. The second-order valence-corrected chi connectivity index (χ2v) is 5.60. The van der Waals surface area contributed by atoms with Crippen LogP contribution in [0.3, 0.4) is 0 Å². The van der Waals surface area contributed by atoms with E-state index in [-0.39, 0.29) is 17.3 Å². The van der Waals surface area contributed by atoms with Gasteiger partial charge < -0.3 is 10.5 Å². The van der Waals surface area contributed by atoms with Gasteiger partial charge >= 0.3 is 0 Å². The molecule has 0 aromatic carbocycles. The van der Waals surface area contributed by atoms with E-state index in [2.05, 4.69) is 4.98 Å². The van der Waals surface area contributed by atoms with Crippen molar-refractivity contribution in [3.8, 4) is 5.75 Å². The van der Waals surface area contributed by atoms with Crippen LogP contribution in [0.4, 0.5) is 0 Å². The van der Waals surface area contributed by atoms with Crippen LogP contribution < -0.4 is 10.5 Å². The Morgan fingerprint density at radius 2 is 2.11 bits per heavy atom. The molecular formula is C15H22N2O2. The van der Waals surface area contributed by atoms with Crippen molar-refractivity contribution in [2.75, 3.05) is 6.54 Å². The molecule has 2 N–H and O–H groups in total. The van der Waals surface area contributed by atoms with Crippen LogP contribution in [0.15, 0.2) is 18.5 Å². The number of pyridine rings is 1. The summed E-state index contributed by atoms with van der Waals surface area (Å²) >= 11 is 0. The molecule has 1 aromatic heterocycles. The van der Waals surface area contributed by atoms with E-state index in [4.69, 9.17) is 10.5 Å². The van der Waals surface area contributed by atoms with E-state index < -0.39 is 0 Å². The number of rotatable bonds is 5. The van der Waals surface area contributed by atoms with Gasteiger partial charge in [0.2, 0.25) is 0 Å². The van der Waals surface area contributed by atoms with Gasteiger partial charge in [-0.15, -0.1) is 0 Å². The average Bonchev–Trinajstić information content (AvgIpc) is 2.87. The molecule has 0 atom stereocenters. The Hall–Kier alpha value is -1.42. The smallest absolute Gasteiger partial charge is 0.171 e. The number of hydrogen-bond donors (Lipinski definition) is 1. The molecule has 1 aliphatic rings. The van der Waals surface area contributed by atoms with Gasteiger partial charge in [-0.3, -0.25) is 9.78 Å². The van der Waals surface area contributed by atoms with E-state index in [9.17, 15) is 4.79 Å². The van der Waals surface area contributed by atoms with Gasteiger partial charge in [-0.05, 0) is 32.8 Å². The van der Waals surface area contributed by atoms with E-state index in [1.165, 1.54) is 0 Å². The second kappa shape index (κ2) is 5.70. The zero-order chi connectivity index (χ0) is 13.9. The van der Waals surface area contributed by atoms with Crippen molar-refractivity contribution in [1.29, 1.82) is 0 Å². The Kier molecular flexibility index (Phi) is 4.20. The summed E-state index contributed by atoms with van der Waals surface area (Å²) in [5.41, 5.74) is 6.09. The van der Waals surface area contributed by atoms with Crippen LogP contribution in [0, 0.1) is 5.41 Å². The topological polar surface area (TPSA) is 65.2 Å². The molecule has 0 amide bonds. The molecule has 0 radical (unpaired) electrons. The molecule has 1 aliphatic carbocycles. The fourth-order valence-corrected chi connectivity index (χ4v) is 2.76. The van der Waals surface area contributed by atoms with Gasteiger partial charge in [0, 0.05) is 23.7 Å². The lowest BCUT2D eigenvalue weighted by Crippen LogP contribution is -2.36. The third-order valence-corrected chi connectivity index (χ3v) is 3.78. The molecule has 1 aromatic rings. The number of nitrogens with two attached hydrogens (primary N) is 1. The van der Waals surface area contributed by atoms with Crippen molar-refractivity contribution in [3.05, 3.63) is 24.0 Å². The molecule has 4 nitrogen and oxygen atoms in total. The van der Waals surface area contributed by atoms with Crippen LogP contribution in [-0.2, 0) is 0 Å². The number of nitrogens with zero attached hydrogens (tertiary/aromatic N) is 1. The second-order valence-electron chi connectivity index (χ2n) is 5.60. The third kappa shape index (κ3) is 2.95. The molecule has 2 rings (SSSR count). The maximum Gasteiger partial charge on any atom is 0.171 e. The lowest BCUT2D eigenvalue weighted by atomic mass is 9.79. The quantitative estimate of drug-likeness (QED) is 0.828. The molecule has 19 heavy (non-hydrogen) atoms. The zero-order valence-electron chi connectivity index (χ0n) is 11.7. The van der Waals surface area contributed by atoms with Crippen molar-refractivity contribution in [1.82, 2.24) is 4.98 Å². The van der Waals surface area contributed by atoms with Crippen LogP contribution in [0.1, 0.15) is 49.9 Å². The summed E-state index contributed by atoms with van der Waals surface area (Å²) in [7, 11) is 0. The maximum atomic E-state index is 12.7. The first-order chi connectivity index (χ1) is 9.07. The van der Waals surface area contributed by atoms with Crippen LogP contribution in [0.5, 0.6) is 5.75 Å². The molecule has 0 bridgehead atoms. The van der Waals surface area contributed by atoms with E-state index in [1.54, 1.807) is 18.5 Å². The summed E-state index contributed by atoms with van der Waals surface area (Å²) in [5, 5.41) is 0. The monoisotopic (exact) mass is 262 g/mol. The number of hydrogen-bond acceptors (Lipinski definition) is 4. The lowest BCUT2D eigenvalue weighted by Gasteiger charge is -2.25. The minimum Gasteiger partial charge on any atom is -0.489 e. The first-order valence-corrected chi connectivity index (χ1v) is 6.94. The van der Waals surface area contributed by atoms with Crippen molar-refractivity contribution < 1.29 is 9.53 Å². The van der Waals surface area contributed by atoms with Crippen LogP contribution in [0.25, 0.3) is 0 Å². The summed E-state index contributed by atoms with van der Waals surface area (Å²) in [6.07, 6.45) is 7.26. The number of Topliss-reactive ketones (excluding diaryl/α,β-unsaturated/α-hetero) is 1. The fraction of sp³-hybridized carbons (Fsp3) is 0.600. The summed E-state index contributed by atoms with van der Waals surface area (Å²) in [6.45, 7) is 4.32. The molecule has 1 heterocycles. The largest absolute Gasteiger partial charge is 0.489 e. The molecular weight excluding hydrogens is 240 g/mol. The number of carbonyl (C=O) groups excluding carboxylic acids is 1. The molecule has 0 spiro atoms. The number of carbonyl (C=O) groups is 1. The highest BCUT2D eigenvalue weighted by atomic mass is 16.5. The first-order valence-electron chi connectivity index (χ1n) is 6.94. The van der Waals surface area contributed by atoms with Crippen molar-refractivity contribution >= 4 is 5.78 Å². The van der Waals surface area contributed by atoms with E-state index in [1.807, 2.05) is 13.8 Å². The van der Waals surface area contributed by atoms with E-state index >= 15 is 0 Å². The van der Waals surface area contributed by atoms with Crippen LogP contribution >= 0.6 is 0 Å². The molecule has 0 unspecified atom stereocenters. The molecule has 104 valence electrons. The van der Waals surface area contributed by atoms with Crippen LogP contribution in [0.2, 0.25) is 0 Å². The lowest BCUT2D eigenvalue weighted by molar-refractivity contribution is 0.0808. The van der Waals surface area contributed by atoms with Gasteiger partial charge in [-0.1, -0.05) is 12.8 Å². The molecule has 0 aliphatic heterocycles. The van der Waals surface area contributed by atoms with Gasteiger partial charge in [0.1, 0.15) is 5.75 Å². The summed E-state index contributed by atoms with van der Waals surface area (Å²) in [6, 6.07) is 1.78. The first kappa shape index (κ1) is 14.0. The molecule has 0 saturated heterocycles. The number of ketones is 1. The number of aromatic nitrogens is 1. The summed E-state index contributed by atoms with van der Waals surface area (Å²) < 4.78 is 5.59. The Morgan fingerprint density at radius 3 is 2.68 bits per heavy atom. The SMILES string of the molecule is CC(C)Oc1cncc(C(=O)C2(CN)CCCC2)c1. The zero-order valence-corrected chi connectivity index (χ0v) is 11.7. The predicted molar refractivity (Wildman–Crippen MR) is 74.3 cm³/mol. The normalized spacial score (nSPS) is 17.7. The molecule has 1 fully saturated rings. The number of ether oxygens (including phenoxy) is 1. The minimum absolute atomic E-state index is 0.0714. The Morgan fingerprint density at radius 1 is 1.42 bits per heavy atom. The highest BCUT2D eigenvalue weighted by Gasteiger charge is 2.40. The Labute approximate surface area is 114 Å². The third-order valence-electron chi connectivity index (χ3n) is 3.78. The fourth-order valence-electron chi connectivity index (χ4n) is 2.76. The van der Waals surface area contributed by atoms with Crippen LogP contribution in [-0.4, -0.2) is 23.4 Å². The summed E-state index contributed by atoms with van der Waals surface area (Å²) in [4.78, 5) is 16.8. The van der Waals surface area contributed by atoms with E-state index in [0.29, 0.717) is 17.9 Å². The summed E-state index contributed by atoms with van der Waals surface area (Å²) in [5.74, 6) is 0.764. The molecule has 1 saturated carbocycles. The highest BCUT2D eigenvalue weighted by molar-refractivity contribution is 6.00. The van der Waals surface area contributed by atoms with Gasteiger partial charge in [0.15, 0.2) is 5.78 Å². The van der Waals surface area contributed by atoms with Gasteiger partial charge in [0.25, 0.3) is 0 Å². The Balaban J connectivity index is 2.23. The Bertz CT molecular complexity index is 451. The van der Waals surface area contributed by atoms with Gasteiger partial charge in [-0.2, -0.15) is 0 Å². The van der Waals surface area contributed by atoms with Crippen molar-refractivity contribution in [2.24, 2.45) is 11.1 Å². The molecule has 4 heteroatoms. The van der Waals surface area contributed by atoms with Crippen molar-refractivity contribution in [3.63, 3.8) is 0 Å². The highest BCUT2D eigenvalue weighted by Crippen LogP contribution is 2.40. The maximum absolute atomic E-state index is 12.7. The van der Waals surface area contributed by atoms with E-state index in [0.717, 1.165) is 25.7 Å². The van der Waals surface area contributed by atoms with Gasteiger partial charge in [0.05, 0.1) is 12.3 Å². The average molecular weight is 262 g/mol. The predicted octanol–water partition coefficient (Wildman–Crippen LogP) is 2.57.